The first-order valence-corrected chi connectivity index (χ1v) is 28.6. The maximum atomic E-state index is 12.5. The number of aliphatic hydroxyl groups excluding tert-OH is 2. The van der Waals surface area contributed by atoms with Gasteiger partial charge >= 0.3 is 0 Å². The number of unbranched alkanes of at least 4 members (excludes halogenated alkanes) is 44. The lowest BCUT2D eigenvalue weighted by atomic mass is 10.0. The van der Waals surface area contributed by atoms with E-state index in [1.165, 1.54) is 276 Å². The predicted molar refractivity (Wildman–Crippen MR) is 276 cm³/mol. The number of allylic oxidation sites excluding steroid dienone is 3. The Labute approximate surface area is 389 Å². The van der Waals surface area contributed by atoms with Crippen LogP contribution in [0.5, 0.6) is 0 Å². The van der Waals surface area contributed by atoms with Gasteiger partial charge in [0.05, 0.1) is 18.8 Å². The van der Waals surface area contributed by atoms with Gasteiger partial charge < -0.3 is 15.5 Å². The Morgan fingerprint density at radius 1 is 0.371 bits per heavy atom. The number of amides is 1. The molecule has 2 atom stereocenters. The fourth-order valence-corrected chi connectivity index (χ4v) is 9.06. The molecule has 0 aromatic carbocycles. The largest absolute Gasteiger partial charge is 0.394 e. The quantitative estimate of drug-likeness (QED) is 0.0421. The van der Waals surface area contributed by atoms with Crippen LogP contribution in [-0.2, 0) is 4.79 Å². The second kappa shape index (κ2) is 54.2. The Hall–Kier alpha value is -1.13. The van der Waals surface area contributed by atoms with E-state index in [2.05, 4.69) is 31.3 Å². The van der Waals surface area contributed by atoms with Gasteiger partial charge in [0.15, 0.2) is 0 Å². The molecule has 0 saturated heterocycles. The number of hydrogen-bond acceptors (Lipinski definition) is 3. The first-order chi connectivity index (χ1) is 30.7. The topological polar surface area (TPSA) is 69.6 Å². The molecule has 0 heterocycles. The molecule has 4 heteroatoms. The monoisotopic (exact) mass is 872 g/mol. The van der Waals surface area contributed by atoms with Crippen molar-refractivity contribution >= 4 is 5.91 Å². The van der Waals surface area contributed by atoms with Crippen molar-refractivity contribution in [2.24, 2.45) is 0 Å². The standard InChI is InChI=1S/C58H113NO3/c1-3-5-7-9-11-13-15-17-19-21-23-25-26-27-28-29-30-31-32-34-35-37-39-41-43-45-47-49-51-53-57(61)56(55-60)59-58(62)54-52-50-48-46-44-42-40-38-36-33-24-22-20-18-16-14-12-10-8-6-4-2/h22,24,51,53,56-57,60-61H,3-21,23,25-50,52,54-55H2,1-2H3,(H,59,62)/b24-22-,53-51+. The molecule has 0 aliphatic heterocycles. The summed E-state index contributed by atoms with van der Waals surface area (Å²) in [5.74, 6) is -0.0612. The molecule has 2 unspecified atom stereocenters. The summed E-state index contributed by atoms with van der Waals surface area (Å²) in [6.45, 7) is 4.34. The zero-order valence-corrected chi connectivity index (χ0v) is 42.4. The molecule has 4 nitrogen and oxygen atoms in total. The first kappa shape index (κ1) is 60.9. The molecule has 0 aromatic heterocycles. The normalized spacial score (nSPS) is 12.9. The highest BCUT2D eigenvalue weighted by molar-refractivity contribution is 5.76. The van der Waals surface area contributed by atoms with Crippen LogP contribution in [0.2, 0.25) is 0 Å². The molecule has 0 aliphatic carbocycles. The number of rotatable bonds is 53. The van der Waals surface area contributed by atoms with Crippen LogP contribution in [0.4, 0.5) is 0 Å². The van der Waals surface area contributed by atoms with Crippen LogP contribution >= 0.6 is 0 Å². The predicted octanol–water partition coefficient (Wildman–Crippen LogP) is 18.7. The summed E-state index contributed by atoms with van der Waals surface area (Å²) in [5.41, 5.74) is 0. The average Bonchev–Trinajstić information content (AvgIpc) is 3.28. The second-order valence-electron chi connectivity index (χ2n) is 19.7. The summed E-state index contributed by atoms with van der Waals surface area (Å²) in [5, 5.41) is 23.2. The van der Waals surface area contributed by atoms with Gasteiger partial charge in [-0.25, -0.2) is 0 Å². The summed E-state index contributed by atoms with van der Waals surface area (Å²) in [7, 11) is 0. The Morgan fingerprint density at radius 3 is 0.887 bits per heavy atom. The van der Waals surface area contributed by atoms with Crippen molar-refractivity contribution < 1.29 is 15.0 Å². The fraction of sp³-hybridized carbons (Fsp3) is 0.914. The second-order valence-corrected chi connectivity index (χ2v) is 19.7. The van der Waals surface area contributed by atoms with Gasteiger partial charge in [0.1, 0.15) is 0 Å². The van der Waals surface area contributed by atoms with E-state index in [0.717, 1.165) is 25.7 Å². The minimum atomic E-state index is -0.839. The van der Waals surface area contributed by atoms with E-state index >= 15 is 0 Å². The fourth-order valence-electron chi connectivity index (χ4n) is 9.06. The molecule has 0 radical (unpaired) electrons. The van der Waals surface area contributed by atoms with E-state index in [4.69, 9.17) is 0 Å². The van der Waals surface area contributed by atoms with Crippen LogP contribution in [0.25, 0.3) is 0 Å². The minimum Gasteiger partial charge on any atom is -0.394 e. The van der Waals surface area contributed by atoms with Gasteiger partial charge in [-0.2, -0.15) is 0 Å². The molecule has 0 spiro atoms. The number of carbonyl (C=O) groups is 1. The van der Waals surface area contributed by atoms with Gasteiger partial charge in [0.2, 0.25) is 5.91 Å². The number of hydrogen-bond donors (Lipinski definition) is 3. The highest BCUT2D eigenvalue weighted by atomic mass is 16.3. The maximum absolute atomic E-state index is 12.5. The van der Waals surface area contributed by atoms with Crippen LogP contribution in [0.15, 0.2) is 24.3 Å². The highest BCUT2D eigenvalue weighted by Gasteiger charge is 2.18. The molecule has 0 bridgehead atoms. The molecular weight excluding hydrogens is 759 g/mol. The molecule has 0 aliphatic rings. The Bertz CT molecular complexity index is 901. The molecule has 3 N–H and O–H groups in total. The van der Waals surface area contributed by atoms with Crippen molar-refractivity contribution in [3.63, 3.8) is 0 Å². The third kappa shape index (κ3) is 49.9. The third-order valence-electron chi connectivity index (χ3n) is 13.4. The molecule has 0 aromatic rings. The van der Waals surface area contributed by atoms with Crippen LogP contribution in [-0.4, -0.2) is 34.9 Å². The van der Waals surface area contributed by atoms with Crippen molar-refractivity contribution in [3.05, 3.63) is 24.3 Å². The minimum absolute atomic E-state index is 0.0612. The van der Waals surface area contributed by atoms with E-state index < -0.39 is 12.1 Å². The SMILES string of the molecule is CCCCCCCCCC/C=C\CCCCCCCCCCCC(=O)NC(CO)C(O)/C=C/CCCCCCCCCCCCCCCCCCCCCCCCCCCCC. The van der Waals surface area contributed by atoms with Gasteiger partial charge in [0.25, 0.3) is 0 Å². The van der Waals surface area contributed by atoms with Crippen molar-refractivity contribution in [1.29, 1.82) is 0 Å². The average molecular weight is 873 g/mol. The van der Waals surface area contributed by atoms with Crippen molar-refractivity contribution in [1.82, 2.24) is 5.32 Å². The Morgan fingerprint density at radius 2 is 0.613 bits per heavy atom. The zero-order chi connectivity index (χ0) is 44.9. The highest BCUT2D eigenvalue weighted by Crippen LogP contribution is 2.17. The summed E-state index contributed by atoms with van der Waals surface area (Å²) < 4.78 is 0. The zero-order valence-electron chi connectivity index (χ0n) is 42.4. The summed E-state index contributed by atoms with van der Waals surface area (Å²) in [6, 6.07) is -0.622. The van der Waals surface area contributed by atoms with Gasteiger partial charge in [-0.1, -0.05) is 295 Å². The lowest BCUT2D eigenvalue weighted by Gasteiger charge is -2.20. The van der Waals surface area contributed by atoms with Crippen LogP contribution in [0.1, 0.15) is 322 Å². The van der Waals surface area contributed by atoms with Crippen LogP contribution in [0, 0.1) is 0 Å². The van der Waals surface area contributed by atoms with Gasteiger partial charge in [0, 0.05) is 6.42 Å². The summed E-state index contributed by atoms with van der Waals surface area (Å²) >= 11 is 0. The molecular formula is C58H113NO3. The Kier molecular flexibility index (Phi) is 53.2. The van der Waals surface area contributed by atoms with E-state index in [-0.39, 0.29) is 12.5 Å². The lowest BCUT2D eigenvalue weighted by Crippen LogP contribution is -2.45. The third-order valence-corrected chi connectivity index (χ3v) is 13.4. The molecule has 62 heavy (non-hydrogen) atoms. The Balaban J connectivity index is 3.46. The number of carbonyl (C=O) groups excluding carboxylic acids is 1. The number of nitrogens with one attached hydrogen (secondary N) is 1. The lowest BCUT2D eigenvalue weighted by molar-refractivity contribution is -0.123. The smallest absolute Gasteiger partial charge is 0.220 e. The molecule has 1 amide bonds. The van der Waals surface area contributed by atoms with Gasteiger partial charge in [-0.3, -0.25) is 4.79 Å². The summed E-state index contributed by atoms with van der Waals surface area (Å²) in [4.78, 5) is 12.5. The number of aliphatic hydroxyl groups is 2. The molecule has 368 valence electrons. The molecule has 0 rings (SSSR count). The van der Waals surface area contributed by atoms with Gasteiger partial charge in [-0.15, -0.1) is 0 Å². The van der Waals surface area contributed by atoms with Crippen molar-refractivity contribution in [3.8, 4) is 0 Å². The van der Waals surface area contributed by atoms with Crippen LogP contribution < -0.4 is 5.32 Å². The summed E-state index contributed by atoms with van der Waals surface area (Å²) in [6.07, 6.45) is 72.0. The van der Waals surface area contributed by atoms with E-state index in [1.807, 2.05) is 6.08 Å². The van der Waals surface area contributed by atoms with E-state index in [1.54, 1.807) is 6.08 Å². The van der Waals surface area contributed by atoms with Crippen molar-refractivity contribution in [2.75, 3.05) is 6.61 Å². The van der Waals surface area contributed by atoms with E-state index in [0.29, 0.717) is 6.42 Å². The first-order valence-electron chi connectivity index (χ1n) is 28.6. The molecule has 0 fully saturated rings. The van der Waals surface area contributed by atoms with Crippen molar-refractivity contribution in [2.45, 2.75) is 334 Å². The van der Waals surface area contributed by atoms with Crippen LogP contribution in [0.3, 0.4) is 0 Å². The molecule has 0 saturated carbocycles. The van der Waals surface area contributed by atoms with Gasteiger partial charge in [-0.05, 0) is 44.9 Å². The maximum Gasteiger partial charge on any atom is 0.220 e. The van der Waals surface area contributed by atoms with E-state index in [9.17, 15) is 15.0 Å².